The van der Waals surface area contributed by atoms with Crippen LogP contribution in [0.4, 0.5) is 11.8 Å². The molecule has 2 aromatic heterocycles. The van der Waals surface area contributed by atoms with Gasteiger partial charge in [0.2, 0.25) is 5.95 Å². The number of ether oxygens (including phenoxy) is 1. The van der Waals surface area contributed by atoms with E-state index in [-0.39, 0.29) is 5.91 Å². The van der Waals surface area contributed by atoms with Crippen molar-refractivity contribution in [3.05, 3.63) is 65.5 Å². The zero-order chi connectivity index (χ0) is 18.8. The number of rotatable bonds is 4. The van der Waals surface area contributed by atoms with Crippen LogP contribution in [0.5, 0.6) is 5.75 Å². The summed E-state index contributed by atoms with van der Waals surface area (Å²) in [4.78, 5) is 17.2. The summed E-state index contributed by atoms with van der Waals surface area (Å²) >= 11 is 0. The molecule has 0 spiro atoms. The van der Waals surface area contributed by atoms with Crippen molar-refractivity contribution in [3.8, 4) is 5.75 Å². The smallest absolute Gasteiger partial charge is 0.257 e. The van der Waals surface area contributed by atoms with E-state index < -0.39 is 6.04 Å². The largest absolute Gasteiger partial charge is 0.497 e. The van der Waals surface area contributed by atoms with Crippen LogP contribution < -0.4 is 15.4 Å². The number of anilines is 2. The minimum atomic E-state index is -0.505. The maximum absolute atomic E-state index is 13.1. The van der Waals surface area contributed by atoms with Gasteiger partial charge in [0.25, 0.3) is 5.91 Å². The minimum Gasteiger partial charge on any atom is -0.497 e. The van der Waals surface area contributed by atoms with Gasteiger partial charge < -0.3 is 15.4 Å². The average molecular weight is 363 g/mol. The van der Waals surface area contributed by atoms with Crippen LogP contribution in [0.2, 0.25) is 0 Å². The monoisotopic (exact) mass is 363 g/mol. The molecule has 27 heavy (non-hydrogen) atoms. The van der Waals surface area contributed by atoms with Crippen molar-refractivity contribution in [2.75, 3.05) is 17.7 Å². The van der Waals surface area contributed by atoms with Gasteiger partial charge in [-0.2, -0.15) is 4.68 Å². The summed E-state index contributed by atoms with van der Waals surface area (Å²) in [7, 11) is 1.60. The van der Waals surface area contributed by atoms with Crippen LogP contribution in [0, 0.1) is 0 Å². The third-order valence-corrected chi connectivity index (χ3v) is 4.27. The quantitative estimate of drug-likeness (QED) is 0.730. The zero-order valence-electron chi connectivity index (χ0n) is 14.7. The van der Waals surface area contributed by atoms with Gasteiger partial charge in [0, 0.05) is 11.9 Å². The predicted molar refractivity (Wildman–Crippen MR) is 98.1 cm³/mol. The van der Waals surface area contributed by atoms with Crippen molar-refractivity contribution in [1.29, 1.82) is 0 Å². The lowest BCUT2D eigenvalue weighted by Crippen LogP contribution is -2.31. The number of methoxy groups -OCH3 is 1. The Labute approximate surface area is 155 Å². The first-order valence-corrected chi connectivity index (χ1v) is 8.29. The highest BCUT2D eigenvalue weighted by Crippen LogP contribution is 2.35. The molecule has 1 aliphatic heterocycles. The predicted octanol–water partition coefficient (Wildman–Crippen LogP) is 2.00. The molecule has 0 saturated carbocycles. The summed E-state index contributed by atoms with van der Waals surface area (Å²) in [6.07, 6.45) is 1.62. The first kappa shape index (κ1) is 16.7. The second-order valence-electron chi connectivity index (χ2n) is 5.96. The summed E-state index contributed by atoms with van der Waals surface area (Å²) in [5, 5.41) is 17.7. The Kier molecular flexibility index (Phi) is 4.25. The van der Waals surface area contributed by atoms with Crippen LogP contribution in [0.1, 0.15) is 18.5 Å². The number of amides is 1. The fraction of sp³-hybridized carbons (Fsp3) is 0.167. The molecule has 0 radical (unpaired) electrons. The maximum atomic E-state index is 13.1. The van der Waals surface area contributed by atoms with E-state index in [0.717, 1.165) is 5.56 Å². The number of hydrogen-bond acceptors (Lipinski definition) is 7. The zero-order valence-corrected chi connectivity index (χ0v) is 14.7. The van der Waals surface area contributed by atoms with Gasteiger partial charge in [-0.15, -0.1) is 0 Å². The lowest BCUT2D eigenvalue weighted by Gasteiger charge is -2.28. The maximum Gasteiger partial charge on any atom is 0.257 e. The molecule has 4 rings (SSSR count). The molecule has 9 nitrogen and oxygen atoms in total. The van der Waals surface area contributed by atoms with Gasteiger partial charge in [-0.25, -0.2) is 4.98 Å². The van der Waals surface area contributed by atoms with Gasteiger partial charge in [0.05, 0.1) is 12.7 Å². The van der Waals surface area contributed by atoms with E-state index >= 15 is 0 Å². The number of nitrogens with one attached hydrogen (secondary N) is 2. The van der Waals surface area contributed by atoms with Crippen molar-refractivity contribution < 1.29 is 9.53 Å². The second-order valence-corrected chi connectivity index (χ2v) is 5.96. The van der Waals surface area contributed by atoms with Crippen LogP contribution in [0.15, 0.2) is 59.9 Å². The molecule has 1 unspecified atom stereocenters. The Hall–Kier alpha value is -3.75. The van der Waals surface area contributed by atoms with Gasteiger partial charge in [0.15, 0.2) is 0 Å². The van der Waals surface area contributed by atoms with Crippen LogP contribution in [-0.2, 0) is 4.79 Å². The molecule has 3 heterocycles. The van der Waals surface area contributed by atoms with E-state index in [1.165, 1.54) is 0 Å². The van der Waals surface area contributed by atoms with Gasteiger partial charge >= 0.3 is 0 Å². The third-order valence-electron chi connectivity index (χ3n) is 4.27. The molecule has 1 aromatic carbocycles. The Morgan fingerprint density at radius 3 is 2.93 bits per heavy atom. The van der Waals surface area contributed by atoms with Crippen molar-refractivity contribution in [1.82, 2.24) is 25.2 Å². The van der Waals surface area contributed by atoms with Crippen LogP contribution in [-0.4, -0.2) is 38.2 Å². The number of nitrogens with zero attached hydrogens (tertiary/aromatic N) is 5. The van der Waals surface area contributed by atoms with Gasteiger partial charge in [0.1, 0.15) is 17.6 Å². The van der Waals surface area contributed by atoms with E-state index in [9.17, 15) is 4.79 Å². The molecule has 0 saturated heterocycles. The molecule has 1 aliphatic rings. The number of aromatic nitrogens is 5. The fourth-order valence-electron chi connectivity index (χ4n) is 3.05. The Bertz CT molecular complexity index is 1010. The van der Waals surface area contributed by atoms with E-state index in [1.807, 2.05) is 37.3 Å². The summed E-state index contributed by atoms with van der Waals surface area (Å²) in [5.41, 5.74) is 1.99. The summed E-state index contributed by atoms with van der Waals surface area (Å²) in [6, 6.07) is 12.3. The first-order valence-electron chi connectivity index (χ1n) is 8.29. The Balaban J connectivity index is 1.78. The molecule has 1 amide bonds. The number of fused-ring (bicyclic) bond motifs is 1. The Morgan fingerprint density at radius 2 is 2.15 bits per heavy atom. The van der Waals surface area contributed by atoms with Crippen LogP contribution in [0.3, 0.4) is 0 Å². The van der Waals surface area contributed by atoms with Crippen LogP contribution in [0.25, 0.3) is 0 Å². The molecular formula is C18H17N7O2. The molecule has 0 fully saturated rings. The van der Waals surface area contributed by atoms with Gasteiger partial charge in [-0.05, 0) is 47.2 Å². The highest BCUT2D eigenvalue weighted by atomic mass is 16.5. The lowest BCUT2D eigenvalue weighted by molar-refractivity contribution is -0.113. The van der Waals surface area contributed by atoms with Crippen molar-refractivity contribution in [2.24, 2.45) is 0 Å². The van der Waals surface area contributed by atoms with E-state index in [0.29, 0.717) is 28.8 Å². The van der Waals surface area contributed by atoms with Crippen molar-refractivity contribution in [2.45, 2.75) is 13.0 Å². The SMILES string of the molecule is COc1cccc(C2C(C(=O)Nc3ccccn3)=C(C)Nc3nnnn32)c1. The first-order chi connectivity index (χ1) is 13.2. The molecule has 0 bridgehead atoms. The molecule has 9 heteroatoms. The highest BCUT2D eigenvalue weighted by Gasteiger charge is 2.34. The number of tetrazole rings is 1. The summed E-state index contributed by atoms with van der Waals surface area (Å²) in [5.74, 6) is 1.33. The standard InChI is InChI=1S/C18H17N7O2/c1-11-15(17(26)21-14-8-3-4-9-19-14)16(25-18(20-11)22-23-24-25)12-6-5-7-13(10-12)27-2/h3-10,16H,1-2H3,(H,19,21,26)(H,20,22,24). The molecule has 0 aliphatic carbocycles. The number of benzene rings is 1. The molecule has 1 atom stereocenters. The molecule has 2 N–H and O–H groups in total. The van der Waals surface area contributed by atoms with Gasteiger partial charge in [-0.1, -0.05) is 23.3 Å². The lowest BCUT2D eigenvalue weighted by atomic mass is 9.95. The summed E-state index contributed by atoms with van der Waals surface area (Å²) in [6.45, 7) is 1.82. The van der Waals surface area contributed by atoms with E-state index in [1.54, 1.807) is 30.1 Å². The van der Waals surface area contributed by atoms with Crippen molar-refractivity contribution in [3.63, 3.8) is 0 Å². The normalized spacial score (nSPS) is 15.7. The molecular weight excluding hydrogens is 346 g/mol. The van der Waals surface area contributed by atoms with Crippen LogP contribution >= 0.6 is 0 Å². The second kappa shape index (κ2) is 6.87. The highest BCUT2D eigenvalue weighted by molar-refractivity contribution is 6.05. The topological polar surface area (TPSA) is 107 Å². The Morgan fingerprint density at radius 1 is 1.26 bits per heavy atom. The number of carbonyl (C=O) groups is 1. The number of carbonyl (C=O) groups excluding carboxylic acids is 1. The molecule has 136 valence electrons. The molecule has 3 aromatic rings. The fourth-order valence-corrected chi connectivity index (χ4v) is 3.05. The third kappa shape index (κ3) is 3.10. The minimum absolute atomic E-state index is 0.285. The van der Waals surface area contributed by atoms with Crippen molar-refractivity contribution >= 4 is 17.7 Å². The average Bonchev–Trinajstić information content (AvgIpc) is 3.15. The summed E-state index contributed by atoms with van der Waals surface area (Å²) < 4.78 is 6.91. The number of allylic oxidation sites excluding steroid dienone is 1. The number of pyridine rings is 1. The van der Waals surface area contributed by atoms with Gasteiger partial charge in [-0.3, -0.25) is 4.79 Å². The number of hydrogen-bond donors (Lipinski definition) is 2. The van der Waals surface area contributed by atoms with E-state index in [4.69, 9.17) is 4.74 Å². The van der Waals surface area contributed by atoms with E-state index in [2.05, 4.69) is 31.1 Å².